The first-order valence-corrected chi connectivity index (χ1v) is 11.4. The Morgan fingerprint density at radius 3 is 2.76 bits per heavy atom. The Bertz CT molecular complexity index is 1240. The Morgan fingerprint density at radius 2 is 2.06 bits per heavy atom. The van der Waals surface area contributed by atoms with Crippen LogP contribution in [0.25, 0.3) is 10.9 Å². The molecule has 0 bridgehead atoms. The number of rotatable bonds is 9. The van der Waals surface area contributed by atoms with Crippen molar-refractivity contribution in [3.8, 4) is 11.5 Å². The normalized spacial score (nSPS) is 12.2. The summed E-state index contributed by atoms with van der Waals surface area (Å²) in [5.41, 5.74) is 0.882. The standard InChI is InChI=1S/C24H26BrN3O5/c1-5-8-21-27-19-12-11-17(25)13-18(19)23(29)28(21)26-14-16-9-7-10-20(31-4)22(16)33-15(3)24(30)32-6-2/h7,9-15H,5-6,8H2,1-4H3/t15-/m0/s1. The maximum absolute atomic E-state index is 13.2. The number of aromatic nitrogens is 2. The summed E-state index contributed by atoms with van der Waals surface area (Å²) >= 11 is 3.40. The molecule has 0 unspecified atom stereocenters. The third-order valence-corrected chi connectivity index (χ3v) is 5.30. The zero-order valence-electron chi connectivity index (χ0n) is 19.0. The van der Waals surface area contributed by atoms with Crippen molar-refractivity contribution in [2.24, 2.45) is 5.10 Å². The molecule has 0 N–H and O–H groups in total. The number of esters is 1. The van der Waals surface area contributed by atoms with E-state index in [1.165, 1.54) is 18.0 Å². The Kier molecular flexibility index (Phi) is 8.21. The van der Waals surface area contributed by atoms with Crippen LogP contribution in [-0.2, 0) is 16.0 Å². The van der Waals surface area contributed by atoms with Crippen molar-refractivity contribution in [3.05, 3.63) is 62.6 Å². The Hall–Kier alpha value is -3.20. The molecule has 1 heterocycles. The molecule has 0 spiro atoms. The van der Waals surface area contributed by atoms with Gasteiger partial charge >= 0.3 is 5.97 Å². The van der Waals surface area contributed by atoms with Gasteiger partial charge in [-0.1, -0.05) is 28.9 Å². The number of hydrogen-bond donors (Lipinski definition) is 0. The molecule has 0 aliphatic heterocycles. The predicted octanol–water partition coefficient (Wildman–Crippen LogP) is 4.33. The van der Waals surface area contributed by atoms with E-state index in [4.69, 9.17) is 14.2 Å². The van der Waals surface area contributed by atoms with Crippen molar-refractivity contribution >= 4 is 39.0 Å². The molecule has 0 aliphatic carbocycles. The van der Waals surface area contributed by atoms with Crippen LogP contribution in [-0.4, -0.2) is 41.7 Å². The maximum atomic E-state index is 13.2. The lowest BCUT2D eigenvalue weighted by Gasteiger charge is -2.17. The Balaban J connectivity index is 2.08. The van der Waals surface area contributed by atoms with E-state index in [1.807, 2.05) is 13.0 Å². The van der Waals surface area contributed by atoms with Crippen molar-refractivity contribution in [2.45, 2.75) is 39.7 Å². The van der Waals surface area contributed by atoms with Crippen molar-refractivity contribution < 1.29 is 19.0 Å². The maximum Gasteiger partial charge on any atom is 0.347 e. The quantitative estimate of drug-likeness (QED) is 0.311. The largest absolute Gasteiger partial charge is 0.493 e. The summed E-state index contributed by atoms with van der Waals surface area (Å²) in [5, 5.41) is 4.91. The molecule has 0 aliphatic rings. The summed E-state index contributed by atoms with van der Waals surface area (Å²) in [6.07, 6.45) is 2.03. The predicted molar refractivity (Wildman–Crippen MR) is 130 cm³/mol. The molecular formula is C24H26BrN3O5. The molecule has 0 radical (unpaired) electrons. The molecule has 3 rings (SSSR count). The second-order valence-electron chi connectivity index (χ2n) is 7.19. The molecule has 2 aromatic carbocycles. The van der Waals surface area contributed by atoms with E-state index >= 15 is 0 Å². The summed E-state index contributed by atoms with van der Waals surface area (Å²) in [4.78, 5) is 29.9. The number of methoxy groups -OCH3 is 1. The molecule has 3 aromatic rings. The van der Waals surface area contributed by atoms with E-state index in [-0.39, 0.29) is 12.2 Å². The van der Waals surface area contributed by atoms with Gasteiger partial charge in [0.2, 0.25) is 0 Å². The zero-order chi connectivity index (χ0) is 24.0. The van der Waals surface area contributed by atoms with Gasteiger partial charge in [0.05, 0.1) is 30.8 Å². The van der Waals surface area contributed by atoms with Crippen LogP contribution in [0.15, 0.2) is 50.8 Å². The SMILES string of the molecule is CCCc1nc2ccc(Br)cc2c(=O)n1N=Cc1cccc(OC)c1O[C@@H](C)C(=O)OCC. The molecule has 0 saturated carbocycles. The van der Waals surface area contributed by atoms with Crippen LogP contribution in [0, 0.1) is 0 Å². The van der Waals surface area contributed by atoms with Crippen LogP contribution < -0.4 is 15.0 Å². The molecule has 9 heteroatoms. The van der Waals surface area contributed by atoms with Crippen molar-refractivity contribution in [1.29, 1.82) is 0 Å². The number of carbonyl (C=O) groups excluding carboxylic acids is 1. The van der Waals surface area contributed by atoms with Gasteiger partial charge in [-0.3, -0.25) is 4.79 Å². The van der Waals surface area contributed by atoms with Gasteiger partial charge < -0.3 is 14.2 Å². The summed E-state index contributed by atoms with van der Waals surface area (Å²) < 4.78 is 18.4. The number of aryl methyl sites for hydroxylation is 1. The van der Waals surface area contributed by atoms with Gasteiger partial charge in [0.1, 0.15) is 5.82 Å². The number of carbonyl (C=O) groups is 1. The molecule has 0 amide bonds. The fourth-order valence-corrected chi connectivity index (χ4v) is 3.59. The summed E-state index contributed by atoms with van der Waals surface area (Å²) in [6.45, 7) is 5.59. The van der Waals surface area contributed by atoms with Crippen molar-refractivity contribution in [1.82, 2.24) is 9.66 Å². The Labute approximate surface area is 200 Å². The number of fused-ring (bicyclic) bond motifs is 1. The first-order chi connectivity index (χ1) is 15.9. The lowest BCUT2D eigenvalue weighted by molar-refractivity contribution is -0.150. The molecule has 33 heavy (non-hydrogen) atoms. The first kappa shape index (κ1) is 24.4. The first-order valence-electron chi connectivity index (χ1n) is 10.6. The second-order valence-corrected chi connectivity index (χ2v) is 8.11. The highest BCUT2D eigenvalue weighted by Crippen LogP contribution is 2.31. The molecule has 1 aromatic heterocycles. The monoisotopic (exact) mass is 515 g/mol. The van der Waals surface area contributed by atoms with E-state index in [0.717, 1.165) is 10.9 Å². The van der Waals surface area contributed by atoms with E-state index in [1.54, 1.807) is 44.2 Å². The van der Waals surface area contributed by atoms with Crippen LogP contribution in [0.5, 0.6) is 11.5 Å². The molecule has 1 atom stereocenters. The van der Waals surface area contributed by atoms with Crippen LogP contribution in [0.2, 0.25) is 0 Å². The highest BCUT2D eigenvalue weighted by atomic mass is 79.9. The lowest BCUT2D eigenvalue weighted by atomic mass is 10.2. The number of ether oxygens (including phenoxy) is 3. The number of para-hydroxylation sites is 1. The minimum Gasteiger partial charge on any atom is -0.493 e. The van der Waals surface area contributed by atoms with Crippen LogP contribution in [0.4, 0.5) is 0 Å². The van der Waals surface area contributed by atoms with Gasteiger partial charge in [-0.25, -0.2) is 9.78 Å². The van der Waals surface area contributed by atoms with E-state index in [9.17, 15) is 9.59 Å². The van der Waals surface area contributed by atoms with E-state index < -0.39 is 12.1 Å². The highest BCUT2D eigenvalue weighted by Gasteiger charge is 2.20. The molecule has 0 saturated heterocycles. The Morgan fingerprint density at radius 1 is 1.27 bits per heavy atom. The zero-order valence-corrected chi connectivity index (χ0v) is 20.6. The average molecular weight is 516 g/mol. The fourth-order valence-electron chi connectivity index (χ4n) is 3.23. The molecule has 0 fully saturated rings. The van der Waals surface area contributed by atoms with Crippen LogP contribution in [0.1, 0.15) is 38.6 Å². The summed E-state index contributed by atoms with van der Waals surface area (Å²) in [6, 6.07) is 10.6. The smallest absolute Gasteiger partial charge is 0.347 e. The average Bonchev–Trinajstić information content (AvgIpc) is 2.80. The summed E-state index contributed by atoms with van der Waals surface area (Å²) in [7, 11) is 1.51. The van der Waals surface area contributed by atoms with E-state index in [0.29, 0.717) is 40.2 Å². The van der Waals surface area contributed by atoms with Gasteiger partial charge in [0.25, 0.3) is 5.56 Å². The highest BCUT2D eigenvalue weighted by molar-refractivity contribution is 9.10. The third-order valence-electron chi connectivity index (χ3n) is 4.80. The van der Waals surface area contributed by atoms with Gasteiger partial charge in [0.15, 0.2) is 17.6 Å². The number of hydrogen-bond acceptors (Lipinski definition) is 7. The molecular weight excluding hydrogens is 490 g/mol. The van der Waals surface area contributed by atoms with Crippen molar-refractivity contribution in [2.75, 3.05) is 13.7 Å². The number of halogens is 1. The number of benzene rings is 2. The third kappa shape index (κ3) is 5.60. The number of nitrogens with zero attached hydrogens (tertiary/aromatic N) is 3. The summed E-state index contributed by atoms with van der Waals surface area (Å²) in [5.74, 6) is 0.818. The van der Waals surface area contributed by atoms with Gasteiger partial charge in [-0.15, -0.1) is 0 Å². The van der Waals surface area contributed by atoms with Crippen LogP contribution in [0.3, 0.4) is 0 Å². The molecule has 174 valence electrons. The van der Waals surface area contributed by atoms with Gasteiger partial charge in [0, 0.05) is 16.5 Å². The minimum atomic E-state index is -0.855. The topological polar surface area (TPSA) is 92.0 Å². The lowest BCUT2D eigenvalue weighted by Crippen LogP contribution is -2.26. The fraction of sp³-hybridized carbons (Fsp3) is 0.333. The minimum absolute atomic E-state index is 0.251. The van der Waals surface area contributed by atoms with Gasteiger partial charge in [-0.05, 0) is 50.6 Å². The second kappa shape index (κ2) is 11.1. The van der Waals surface area contributed by atoms with Crippen LogP contribution >= 0.6 is 15.9 Å². The molecule has 8 nitrogen and oxygen atoms in total. The van der Waals surface area contributed by atoms with E-state index in [2.05, 4.69) is 26.0 Å². The van der Waals surface area contributed by atoms with Crippen molar-refractivity contribution in [3.63, 3.8) is 0 Å². The van der Waals surface area contributed by atoms with Gasteiger partial charge in [-0.2, -0.15) is 9.78 Å².